The fourth-order valence-corrected chi connectivity index (χ4v) is 5.15. The molecule has 1 aliphatic heterocycles. The van der Waals surface area contributed by atoms with E-state index in [9.17, 15) is 4.79 Å². The van der Waals surface area contributed by atoms with Crippen molar-refractivity contribution in [2.75, 3.05) is 20.2 Å². The van der Waals surface area contributed by atoms with Crippen LogP contribution in [0.2, 0.25) is 0 Å². The van der Waals surface area contributed by atoms with E-state index < -0.39 is 0 Å². The summed E-state index contributed by atoms with van der Waals surface area (Å²) in [7, 11) is 1.66. The maximum atomic E-state index is 13.5. The summed E-state index contributed by atoms with van der Waals surface area (Å²) < 4.78 is 7.59. The van der Waals surface area contributed by atoms with Gasteiger partial charge in [0.1, 0.15) is 11.0 Å². The van der Waals surface area contributed by atoms with Crippen LogP contribution in [0.3, 0.4) is 0 Å². The van der Waals surface area contributed by atoms with Crippen molar-refractivity contribution in [3.8, 4) is 17.1 Å². The number of hydrogen-bond acceptors (Lipinski definition) is 5. The van der Waals surface area contributed by atoms with Gasteiger partial charge in [0.2, 0.25) is 5.91 Å². The van der Waals surface area contributed by atoms with Gasteiger partial charge in [-0.05, 0) is 43.9 Å². The van der Waals surface area contributed by atoms with Crippen molar-refractivity contribution >= 4 is 17.7 Å². The first-order chi connectivity index (χ1) is 15.2. The second kappa shape index (κ2) is 10.0. The Morgan fingerprint density at radius 1 is 1.03 bits per heavy atom. The molecule has 6 nitrogen and oxygen atoms in total. The third-order valence-electron chi connectivity index (χ3n) is 5.60. The Bertz CT molecular complexity index is 1020. The highest BCUT2D eigenvalue weighted by atomic mass is 32.2. The van der Waals surface area contributed by atoms with Gasteiger partial charge in [-0.25, -0.2) is 0 Å². The highest BCUT2D eigenvalue weighted by Crippen LogP contribution is 2.38. The minimum absolute atomic E-state index is 0.153. The molecule has 162 valence electrons. The summed E-state index contributed by atoms with van der Waals surface area (Å²) in [6.07, 6.45) is 3.33. The van der Waals surface area contributed by atoms with Crippen molar-refractivity contribution in [2.24, 2.45) is 0 Å². The number of hydrogen-bond donors (Lipinski definition) is 0. The lowest BCUT2D eigenvalue weighted by molar-refractivity contribution is -0.131. The van der Waals surface area contributed by atoms with Crippen molar-refractivity contribution in [1.82, 2.24) is 19.7 Å². The third kappa shape index (κ3) is 4.61. The minimum Gasteiger partial charge on any atom is -0.496 e. The highest BCUT2D eigenvalue weighted by molar-refractivity contribution is 8.00. The summed E-state index contributed by atoms with van der Waals surface area (Å²) in [6.45, 7) is 4.42. The summed E-state index contributed by atoms with van der Waals surface area (Å²) >= 11 is 1.48. The zero-order valence-electron chi connectivity index (χ0n) is 18.0. The first kappa shape index (κ1) is 21.4. The number of thioether (sulfide) groups is 1. The van der Waals surface area contributed by atoms with Gasteiger partial charge in [-0.15, -0.1) is 10.2 Å². The molecule has 2 aromatic carbocycles. The molecule has 1 aliphatic rings. The summed E-state index contributed by atoms with van der Waals surface area (Å²) in [4.78, 5) is 15.5. The van der Waals surface area contributed by atoms with Crippen molar-refractivity contribution < 1.29 is 9.53 Å². The van der Waals surface area contributed by atoms with Crippen LogP contribution in [0.5, 0.6) is 5.75 Å². The van der Waals surface area contributed by atoms with Crippen LogP contribution in [0, 0.1) is 0 Å². The number of carbonyl (C=O) groups is 1. The molecule has 2 heterocycles. The van der Waals surface area contributed by atoms with Crippen LogP contribution in [-0.4, -0.2) is 45.8 Å². The summed E-state index contributed by atoms with van der Waals surface area (Å²) in [6, 6.07) is 17.8. The van der Waals surface area contributed by atoms with Crippen LogP contribution >= 0.6 is 11.8 Å². The number of amides is 1. The molecule has 3 aromatic rings. The zero-order valence-corrected chi connectivity index (χ0v) is 18.8. The number of benzene rings is 2. The fraction of sp³-hybridized carbons (Fsp3) is 0.375. The van der Waals surface area contributed by atoms with E-state index >= 15 is 0 Å². The summed E-state index contributed by atoms with van der Waals surface area (Å²) in [5.74, 6) is 1.66. The maximum absolute atomic E-state index is 13.5. The molecule has 0 spiro atoms. The second-order valence-electron chi connectivity index (χ2n) is 7.55. The number of ether oxygens (including phenoxy) is 1. The van der Waals surface area contributed by atoms with Crippen LogP contribution in [0.25, 0.3) is 11.4 Å². The van der Waals surface area contributed by atoms with Crippen LogP contribution in [0.4, 0.5) is 0 Å². The van der Waals surface area contributed by atoms with Crippen molar-refractivity contribution in [3.63, 3.8) is 0 Å². The van der Waals surface area contributed by atoms with Gasteiger partial charge in [-0.2, -0.15) is 0 Å². The molecule has 1 amide bonds. The average Bonchev–Trinajstić information content (AvgIpc) is 3.25. The Hall–Kier alpha value is -2.80. The molecular formula is C24H28N4O2S. The second-order valence-corrected chi connectivity index (χ2v) is 8.62. The Morgan fingerprint density at radius 2 is 1.74 bits per heavy atom. The molecule has 1 unspecified atom stereocenters. The Balaban J connectivity index is 1.69. The predicted molar refractivity (Wildman–Crippen MR) is 123 cm³/mol. The van der Waals surface area contributed by atoms with E-state index in [0.29, 0.717) is 6.54 Å². The standard InChI is InChI=1S/C24H28N4O2S/c1-3-28-22(19-14-8-9-15-20(19)30-2)25-26-24(28)31-21(18-12-6-4-7-13-18)23(29)27-16-10-5-11-17-27/h4,6-9,12-15,21H,3,5,10-11,16-17H2,1-2H3. The van der Waals surface area contributed by atoms with Crippen molar-refractivity contribution in [1.29, 1.82) is 0 Å². The van der Waals surface area contributed by atoms with E-state index in [4.69, 9.17) is 4.74 Å². The monoisotopic (exact) mass is 436 g/mol. The Morgan fingerprint density at radius 3 is 2.45 bits per heavy atom. The molecule has 7 heteroatoms. The minimum atomic E-state index is -0.348. The largest absolute Gasteiger partial charge is 0.496 e. The number of methoxy groups -OCH3 is 1. The quantitative estimate of drug-likeness (QED) is 0.497. The first-order valence-corrected chi connectivity index (χ1v) is 11.7. The van der Waals surface area contributed by atoms with Gasteiger partial charge in [0.25, 0.3) is 0 Å². The van der Waals surface area contributed by atoms with Gasteiger partial charge >= 0.3 is 0 Å². The van der Waals surface area contributed by atoms with Crippen LogP contribution in [-0.2, 0) is 11.3 Å². The molecule has 1 fully saturated rings. The van der Waals surface area contributed by atoms with Gasteiger partial charge in [-0.1, -0.05) is 54.2 Å². The van der Waals surface area contributed by atoms with Gasteiger partial charge < -0.3 is 14.2 Å². The number of nitrogens with zero attached hydrogens (tertiary/aromatic N) is 4. The van der Waals surface area contributed by atoms with E-state index in [-0.39, 0.29) is 11.2 Å². The summed E-state index contributed by atoms with van der Waals surface area (Å²) in [5, 5.41) is 9.34. The number of likely N-dealkylation sites (tertiary alicyclic amines) is 1. The van der Waals surface area contributed by atoms with E-state index in [0.717, 1.165) is 53.8 Å². The fourth-order valence-electron chi connectivity index (χ4n) is 3.96. The van der Waals surface area contributed by atoms with Crippen LogP contribution in [0.15, 0.2) is 59.8 Å². The SMILES string of the molecule is CCn1c(SC(C(=O)N2CCCCC2)c2ccccc2)nnc1-c1ccccc1OC. The normalized spacial score (nSPS) is 15.0. The number of aromatic nitrogens is 3. The molecule has 31 heavy (non-hydrogen) atoms. The van der Waals surface area contributed by atoms with E-state index in [1.165, 1.54) is 18.2 Å². The van der Waals surface area contributed by atoms with Gasteiger partial charge in [0.05, 0.1) is 12.7 Å². The molecule has 0 N–H and O–H groups in total. The van der Waals surface area contributed by atoms with Crippen LogP contribution < -0.4 is 4.74 Å². The third-order valence-corrected chi connectivity index (χ3v) is 6.82. The van der Waals surface area contributed by atoms with Gasteiger partial charge in [0, 0.05) is 19.6 Å². The molecule has 1 atom stereocenters. The number of piperidine rings is 1. The molecule has 0 radical (unpaired) electrons. The molecule has 1 aromatic heterocycles. The van der Waals surface area contributed by atoms with E-state index in [1.54, 1.807) is 7.11 Å². The maximum Gasteiger partial charge on any atom is 0.240 e. The molecule has 1 saturated heterocycles. The number of rotatable bonds is 7. The average molecular weight is 437 g/mol. The Kier molecular flexibility index (Phi) is 6.92. The molecule has 0 saturated carbocycles. The smallest absolute Gasteiger partial charge is 0.240 e. The number of para-hydroxylation sites is 1. The topological polar surface area (TPSA) is 60.2 Å². The predicted octanol–water partition coefficient (Wildman–Crippen LogP) is 4.82. The van der Waals surface area contributed by atoms with Crippen LogP contribution in [0.1, 0.15) is 37.0 Å². The molecule has 4 rings (SSSR count). The Labute approximate surface area is 187 Å². The molecular weight excluding hydrogens is 408 g/mol. The van der Waals surface area contributed by atoms with Crippen molar-refractivity contribution in [2.45, 2.75) is 43.1 Å². The molecule has 0 bridgehead atoms. The first-order valence-electron chi connectivity index (χ1n) is 10.8. The lowest BCUT2D eigenvalue weighted by atomic mass is 10.1. The lowest BCUT2D eigenvalue weighted by Crippen LogP contribution is -2.38. The van der Waals surface area contributed by atoms with Gasteiger partial charge in [-0.3, -0.25) is 4.79 Å². The molecule has 0 aliphatic carbocycles. The van der Waals surface area contributed by atoms with Crippen molar-refractivity contribution in [3.05, 3.63) is 60.2 Å². The number of carbonyl (C=O) groups excluding carboxylic acids is 1. The van der Waals surface area contributed by atoms with Gasteiger partial charge in [0.15, 0.2) is 11.0 Å². The van der Waals surface area contributed by atoms with E-state index in [1.807, 2.05) is 59.5 Å². The lowest BCUT2D eigenvalue weighted by Gasteiger charge is -2.30. The zero-order chi connectivity index (χ0) is 21.6. The summed E-state index contributed by atoms with van der Waals surface area (Å²) in [5.41, 5.74) is 1.89. The van der Waals surface area contributed by atoms with E-state index in [2.05, 4.69) is 21.7 Å². The highest BCUT2D eigenvalue weighted by Gasteiger charge is 2.30.